The predicted molar refractivity (Wildman–Crippen MR) is 179 cm³/mol. The van der Waals surface area contributed by atoms with Crippen LogP contribution in [0, 0.1) is 6.92 Å². The Morgan fingerprint density at radius 1 is 0.442 bits per heavy atom. The molecular formula is C40H28N2O. The molecule has 43 heavy (non-hydrogen) atoms. The lowest BCUT2D eigenvalue weighted by atomic mass is 10.0. The minimum Gasteiger partial charge on any atom is -0.316 e. The van der Waals surface area contributed by atoms with Gasteiger partial charge in [-0.1, -0.05) is 91.0 Å². The molecule has 0 radical (unpaired) electrons. The van der Waals surface area contributed by atoms with Crippen molar-refractivity contribution in [2.24, 2.45) is 0 Å². The van der Waals surface area contributed by atoms with Gasteiger partial charge in [0.25, 0.3) is 0 Å². The minimum absolute atomic E-state index is 0.0579. The largest absolute Gasteiger partial charge is 0.316 e. The zero-order valence-electron chi connectivity index (χ0n) is 23.7. The van der Waals surface area contributed by atoms with Crippen LogP contribution in [0.5, 0.6) is 0 Å². The lowest BCUT2D eigenvalue weighted by Crippen LogP contribution is -2.12. The Balaban J connectivity index is 1.41. The molecule has 2 heterocycles. The van der Waals surface area contributed by atoms with Crippen LogP contribution in [-0.2, 0) is 0 Å². The highest BCUT2D eigenvalue weighted by molar-refractivity contribution is 6.11. The number of aryl methyl sites for hydroxylation is 1. The van der Waals surface area contributed by atoms with Crippen LogP contribution in [0.15, 0.2) is 157 Å². The maximum absolute atomic E-state index is 13.5. The van der Waals surface area contributed by atoms with Crippen LogP contribution in [0.25, 0.3) is 66.3 Å². The highest BCUT2D eigenvalue weighted by Crippen LogP contribution is 2.37. The smallest absolute Gasteiger partial charge is 0.192 e. The van der Waals surface area contributed by atoms with Crippen LogP contribution in [0.1, 0.15) is 5.56 Å². The molecule has 2 aromatic heterocycles. The Labute approximate surface area is 249 Å². The normalized spacial score (nSPS) is 11.5. The Morgan fingerprint density at radius 2 is 0.953 bits per heavy atom. The van der Waals surface area contributed by atoms with Crippen molar-refractivity contribution in [3.63, 3.8) is 0 Å². The first kappa shape index (κ1) is 25.1. The van der Waals surface area contributed by atoms with Crippen LogP contribution >= 0.6 is 0 Å². The summed E-state index contributed by atoms with van der Waals surface area (Å²) >= 11 is 0. The summed E-state index contributed by atoms with van der Waals surface area (Å²) in [6.07, 6.45) is 1.94. The monoisotopic (exact) mass is 552 g/mol. The summed E-state index contributed by atoms with van der Waals surface area (Å²) in [4.78, 5) is 13.5. The van der Waals surface area contributed by atoms with Gasteiger partial charge < -0.3 is 9.13 Å². The third-order valence-electron chi connectivity index (χ3n) is 8.44. The van der Waals surface area contributed by atoms with Gasteiger partial charge in [-0.3, -0.25) is 4.79 Å². The standard InChI is InChI=1S/C40H28N2O/c1-27-26-41(32-15-9-4-10-16-32)37-22-19-33(25-36(37)40(27)43)42-38-20-17-30(28-11-5-2-6-12-28)23-34(38)35-24-31(18-21-39(35)42)29-13-7-3-8-14-29/h2-26H,1H3. The molecule has 0 aliphatic heterocycles. The lowest BCUT2D eigenvalue weighted by molar-refractivity contribution is 1.07. The summed E-state index contributed by atoms with van der Waals surface area (Å²) in [6, 6.07) is 50.9. The van der Waals surface area contributed by atoms with Crippen molar-refractivity contribution in [1.82, 2.24) is 9.13 Å². The average molecular weight is 553 g/mol. The molecule has 3 heteroatoms. The maximum atomic E-state index is 13.5. The number of pyridine rings is 1. The molecule has 8 rings (SSSR count). The molecule has 0 aliphatic carbocycles. The third-order valence-corrected chi connectivity index (χ3v) is 8.44. The topological polar surface area (TPSA) is 26.9 Å². The number of fused-ring (bicyclic) bond motifs is 4. The fraction of sp³-hybridized carbons (Fsp3) is 0.0250. The van der Waals surface area contributed by atoms with Gasteiger partial charge in [0, 0.05) is 39.3 Å². The molecule has 0 fully saturated rings. The fourth-order valence-corrected chi connectivity index (χ4v) is 6.31. The van der Waals surface area contributed by atoms with Crippen LogP contribution in [-0.4, -0.2) is 9.13 Å². The van der Waals surface area contributed by atoms with Crippen LogP contribution in [0.4, 0.5) is 0 Å². The second kappa shape index (κ2) is 10.0. The molecule has 0 atom stereocenters. The molecule has 0 N–H and O–H groups in total. The van der Waals surface area contributed by atoms with Crippen molar-refractivity contribution >= 4 is 32.7 Å². The van der Waals surface area contributed by atoms with E-state index in [1.165, 1.54) is 33.0 Å². The fourth-order valence-electron chi connectivity index (χ4n) is 6.31. The molecule has 0 spiro atoms. The molecule has 6 aromatic carbocycles. The van der Waals surface area contributed by atoms with E-state index in [1.54, 1.807) is 0 Å². The summed E-state index contributed by atoms with van der Waals surface area (Å²) < 4.78 is 4.41. The molecule has 0 amide bonds. The SMILES string of the molecule is Cc1cn(-c2ccccc2)c2ccc(-n3c4ccc(-c5ccccc5)cc4c4cc(-c5ccccc5)ccc43)cc2c1=O. The van der Waals surface area contributed by atoms with E-state index < -0.39 is 0 Å². The van der Waals surface area contributed by atoms with Crippen molar-refractivity contribution in [1.29, 1.82) is 0 Å². The first-order valence-corrected chi connectivity index (χ1v) is 14.6. The van der Waals surface area contributed by atoms with E-state index in [4.69, 9.17) is 0 Å². The van der Waals surface area contributed by atoms with Gasteiger partial charge in [0.05, 0.1) is 16.6 Å². The first-order chi connectivity index (χ1) is 21.2. The number of aromatic nitrogens is 2. The molecule has 0 saturated carbocycles. The maximum Gasteiger partial charge on any atom is 0.192 e. The molecular weight excluding hydrogens is 524 g/mol. The highest BCUT2D eigenvalue weighted by atomic mass is 16.1. The molecule has 8 aromatic rings. The van der Waals surface area contributed by atoms with Gasteiger partial charge in [-0.25, -0.2) is 0 Å². The molecule has 0 bridgehead atoms. The number of nitrogens with zero attached hydrogens (tertiary/aromatic N) is 2. The second-order valence-electron chi connectivity index (χ2n) is 11.1. The number of hydrogen-bond donors (Lipinski definition) is 0. The molecule has 0 aliphatic rings. The molecule has 0 saturated heterocycles. The van der Waals surface area contributed by atoms with Gasteiger partial charge in [-0.2, -0.15) is 0 Å². The molecule has 0 unspecified atom stereocenters. The van der Waals surface area contributed by atoms with Gasteiger partial charge in [-0.15, -0.1) is 0 Å². The van der Waals surface area contributed by atoms with E-state index in [9.17, 15) is 4.79 Å². The van der Waals surface area contributed by atoms with Crippen molar-refractivity contribution < 1.29 is 0 Å². The van der Waals surface area contributed by atoms with Crippen LogP contribution in [0.2, 0.25) is 0 Å². The van der Waals surface area contributed by atoms with Crippen molar-refractivity contribution in [2.45, 2.75) is 6.92 Å². The minimum atomic E-state index is 0.0579. The zero-order valence-corrected chi connectivity index (χ0v) is 23.7. The van der Waals surface area contributed by atoms with Gasteiger partial charge >= 0.3 is 0 Å². The average Bonchev–Trinajstić information content (AvgIpc) is 3.40. The van der Waals surface area contributed by atoms with E-state index in [0.29, 0.717) is 5.39 Å². The number of para-hydroxylation sites is 1. The summed E-state index contributed by atoms with van der Waals surface area (Å²) in [5.74, 6) is 0. The molecule has 3 nitrogen and oxygen atoms in total. The number of benzene rings is 6. The second-order valence-corrected chi connectivity index (χ2v) is 11.1. The van der Waals surface area contributed by atoms with E-state index in [1.807, 2.05) is 43.5 Å². The van der Waals surface area contributed by atoms with E-state index in [2.05, 4.69) is 124 Å². The summed E-state index contributed by atoms with van der Waals surface area (Å²) in [5.41, 5.74) is 10.6. The Kier molecular flexibility index (Phi) is 5.83. The van der Waals surface area contributed by atoms with E-state index >= 15 is 0 Å². The molecule has 204 valence electrons. The number of hydrogen-bond acceptors (Lipinski definition) is 1. The lowest BCUT2D eigenvalue weighted by Gasteiger charge is -2.15. The Bertz CT molecular complexity index is 2250. The summed E-state index contributed by atoms with van der Waals surface area (Å²) in [5, 5.41) is 3.07. The quantitative estimate of drug-likeness (QED) is 0.213. The summed E-state index contributed by atoms with van der Waals surface area (Å²) in [7, 11) is 0. The van der Waals surface area contributed by atoms with E-state index in [0.717, 1.165) is 33.5 Å². The van der Waals surface area contributed by atoms with Crippen molar-refractivity contribution in [3.8, 4) is 33.6 Å². The van der Waals surface area contributed by atoms with Gasteiger partial charge in [0.1, 0.15) is 0 Å². The van der Waals surface area contributed by atoms with Gasteiger partial charge in [0.15, 0.2) is 5.43 Å². The van der Waals surface area contributed by atoms with Crippen LogP contribution in [0.3, 0.4) is 0 Å². The number of rotatable bonds is 4. The third kappa shape index (κ3) is 4.17. The van der Waals surface area contributed by atoms with Crippen LogP contribution < -0.4 is 5.43 Å². The summed E-state index contributed by atoms with van der Waals surface area (Å²) in [6.45, 7) is 1.89. The Hall–Kier alpha value is -5.67. The van der Waals surface area contributed by atoms with Gasteiger partial charge in [-0.05, 0) is 83.8 Å². The Morgan fingerprint density at radius 3 is 1.51 bits per heavy atom. The van der Waals surface area contributed by atoms with Crippen molar-refractivity contribution in [2.75, 3.05) is 0 Å². The van der Waals surface area contributed by atoms with E-state index in [-0.39, 0.29) is 5.43 Å². The highest BCUT2D eigenvalue weighted by Gasteiger charge is 2.16. The van der Waals surface area contributed by atoms with Crippen molar-refractivity contribution in [3.05, 3.63) is 168 Å². The zero-order chi connectivity index (χ0) is 28.9. The first-order valence-electron chi connectivity index (χ1n) is 14.6. The predicted octanol–water partition coefficient (Wildman–Crippen LogP) is 9.73. The van der Waals surface area contributed by atoms with Gasteiger partial charge in [0.2, 0.25) is 0 Å².